The molecule has 0 aliphatic carbocycles. The lowest BCUT2D eigenvalue weighted by Crippen LogP contribution is -2.35. The first-order valence-corrected chi connectivity index (χ1v) is 7.73. The van der Waals surface area contributed by atoms with Crippen LogP contribution in [0.15, 0.2) is 12.1 Å². The minimum Gasteiger partial charge on any atom is -0.371 e. The molecule has 2 heterocycles. The average Bonchev–Trinajstić information content (AvgIpc) is 2.82. The summed E-state index contributed by atoms with van der Waals surface area (Å²) in [5.41, 5.74) is 0.0838. The van der Waals surface area contributed by atoms with Gasteiger partial charge in [-0.25, -0.2) is 0 Å². The molecule has 102 valence electrons. The molecule has 1 aliphatic heterocycles. The van der Waals surface area contributed by atoms with Crippen LogP contribution >= 0.6 is 11.3 Å². The fraction of sp³-hybridized carbons (Fsp3) is 0.733. The van der Waals surface area contributed by atoms with Crippen LogP contribution in [-0.2, 0) is 11.2 Å². The molecule has 0 amide bonds. The van der Waals surface area contributed by atoms with Crippen molar-refractivity contribution in [2.75, 3.05) is 6.54 Å². The SMILES string of the molecule is Cc1ccc(CC(C)NCC2CCC(C)(C)O2)s1. The molecule has 2 atom stereocenters. The van der Waals surface area contributed by atoms with E-state index in [0.717, 1.165) is 13.0 Å². The van der Waals surface area contributed by atoms with Crippen molar-refractivity contribution in [2.24, 2.45) is 0 Å². The van der Waals surface area contributed by atoms with E-state index in [1.807, 2.05) is 11.3 Å². The topological polar surface area (TPSA) is 21.3 Å². The molecule has 1 aromatic heterocycles. The molecule has 1 N–H and O–H groups in total. The lowest BCUT2D eigenvalue weighted by molar-refractivity contribution is -0.0149. The van der Waals surface area contributed by atoms with Crippen molar-refractivity contribution in [3.63, 3.8) is 0 Å². The molecule has 0 radical (unpaired) electrons. The van der Waals surface area contributed by atoms with Gasteiger partial charge < -0.3 is 10.1 Å². The molecule has 2 unspecified atom stereocenters. The normalized spacial score (nSPS) is 24.3. The van der Waals surface area contributed by atoms with E-state index >= 15 is 0 Å². The summed E-state index contributed by atoms with van der Waals surface area (Å²) in [4.78, 5) is 2.87. The Morgan fingerprint density at radius 3 is 2.83 bits per heavy atom. The summed E-state index contributed by atoms with van der Waals surface area (Å²) in [6.45, 7) is 9.78. The van der Waals surface area contributed by atoms with Crippen LogP contribution in [0.1, 0.15) is 43.4 Å². The molecule has 0 aromatic carbocycles. The lowest BCUT2D eigenvalue weighted by Gasteiger charge is -2.21. The second-order valence-corrected chi connectivity index (χ2v) is 7.44. The Morgan fingerprint density at radius 1 is 1.50 bits per heavy atom. The van der Waals surface area contributed by atoms with Gasteiger partial charge in [-0.15, -0.1) is 11.3 Å². The number of nitrogens with one attached hydrogen (secondary N) is 1. The molecule has 0 bridgehead atoms. The zero-order valence-corrected chi connectivity index (χ0v) is 12.8. The van der Waals surface area contributed by atoms with Gasteiger partial charge in [-0.2, -0.15) is 0 Å². The molecule has 2 nitrogen and oxygen atoms in total. The minimum atomic E-state index is 0.0838. The number of aryl methyl sites for hydroxylation is 1. The second kappa shape index (κ2) is 5.72. The van der Waals surface area contributed by atoms with Crippen LogP contribution in [0, 0.1) is 6.92 Å². The van der Waals surface area contributed by atoms with Crippen molar-refractivity contribution in [2.45, 2.75) is 64.7 Å². The van der Waals surface area contributed by atoms with Crippen LogP contribution in [0.5, 0.6) is 0 Å². The number of rotatable bonds is 5. The Morgan fingerprint density at radius 2 is 2.28 bits per heavy atom. The smallest absolute Gasteiger partial charge is 0.0707 e. The van der Waals surface area contributed by atoms with Gasteiger partial charge in [-0.3, -0.25) is 0 Å². The predicted molar refractivity (Wildman–Crippen MR) is 78.4 cm³/mol. The van der Waals surface area contributed by atoms with Crippen LogP contribution in [-0.4, -0.2) is 24.3 Å². The number of hydrogen-bond donors (Lipinski definition) is 1. The quantitative estimate of drug-likeness (QED) is 0.881. The largest absolute Gasteiger partial charge is 0.371 e. The van der Waals surface area contributed by atoms with Crippen molar-refractivity contribution in [3.05, 3.63) is 21.9 Å². The van der Waals surface area contributed by atoms with Gasteiger partial charge in [-0.05, 0) is 59.1 Å². The predicted octanol–water partition coefficient (Wildman–Crippen LogP) is 3.53. The number of thiophene rings is 1. The van der Waals surface area contributed by atoms with Gasteiger partial charge in [0.15, 0.2) is 0 Å². The standard InChI is InChI=1S/C15H25NOS/c1-11(9-14-6-5-12(2)18-14)16-10-13-7-8-15(3,4)17-13/h5-6,11,13,16H,7-10H2,1-4H3. The van der Waals surface area contributed by atoms with Gasteiger partial charge in [0.25, 0.3) is 0 Å². The number of hydrogen-bond acceptors (Lipinski definition) is 3. The maximum atomic E-state index is 5.99. The molecule has 1 fully saturated rings. The van der Waals surface area contributed by atoms with Crippen LogP contribution < -0.4 is 5.32 Å². The first kappa shape index (κ1) is 14.0. The van der Waals surface area contributed by atoms with Gasteiger partial charge in [0, 0.05) is 22.3 Å². The Bertz CT molecular complexity index is 386. The Hall–Kier alpha value is -0.380. The Balaban J connectivity index is 1.70. The maximum Gasteiger partial charge on any atom is 0.0707 e. The van der Waals surface area contributed by atoms with E-state index in [1.54, 1.807) is 0 Å². The van der Waals surface area contributed by atoms with Gasteiger partial charge in [0.05, 0.1) is 11.7 Å². The average molecular weight is 267 g/mol. The third-order valence-corrected chi connectivity index (χ3v) is 4.57. The van der Waals surface area contributed by atoms with E-state index < -0.39 is 0 Å². The van der Waals surface area contributed by atoms with Crippen molar-refractivity contribution in [1.82, 2.24) is 5.32 Å². The highest BCUT2D eigenvalue weighted by Gasteiger charge is 2.31. The van der Waals surface area contributed by atoms with Crippen LogP contribution in [0.3, 0.4) is 0 Å². The van der Waals surface area contributed by atoms with Crippen molar-refractivity contribution in [1.29, 1.82) is 0 Å². The van der Waals surface area contributed by atoms with Crippen molar-refractivity contribution in [3.8, 4) is 0 Å². The van der Waals surface area contributed by atoms with E-state index in [0.29, 0.717) is 12.1 Å². The fourth-order valence-corrected chi connectivity index (χ4v) is 3.54. The molecule has 1 aromatic rings. The molecular formula is C15H25NOS. The maximum absolute atomic E-state index is 5.99. The minimum absolute atomic E-state index is 0.0838. The van der Waals surface area contributed by atoms with E-state index in [4.69, 9.17) is 4.74 Å². The fourth-order valence-electron chi connectivity index (χ4n) is 2.52. The number of ether oxygens (including phenoxy) is 1. The van der Waals surface area contributed by atoms with Crippen molar-refractivity contribution < 1.29 is 4.74 Å². The molecule has 1 saturated heterocycles. The first-order valence-electron chi connectivity index (χ1n) is 6.91. The third-order valence-electron chi connectivity index (χ3n) is 3.55. The Labute approximate surface area is 115 Å². The molecule has 0 spiro atoms. The highest BCUT2D eigenvalue weighted by molar-refractivity contribution is 7.11. The summed E-state index contributed by atoms with van der Waals surface area (Å²) in [7, 11) is 0. The highest BCUT2D eigenvalue weighted by atomic mass is 32.1. The molecular weight excluding hydrogens is 242 g/mol. The van der Waals surface area contributed by atoms with Crippen molar-refractivity contribution >= 4 is 11.3 Å². The van der Waals surface area contributed by atoms with Gasteiger partial charge in [0.2, 0.25) is 0 Å². The zero-order chi connectivity index (χ0) is 13.2. The van der Waals surface area contributed by atoms with Gasteiger partial charge in [0.1, 0.15) is 0 Å². The third kappa shape index (κ3) is 4.08. The van der Waals surface area contributed by atoms with E-state index in [1.165, 1.54) is 22.6 Å². The molecule has 1 aliphatic rings. The summed E-state index contributed by atoms with van der Waals surface area (Å²) in [5.74, 6) is 0. The van der Waals surface area contributed by atoms with E-state index in [-0.39, 0.29) is 5.60 Å². The summed E-state index contributed by atoms with van der Waals surface area (Å²) in [6.07, 6.45) is 3.88. The van der Waals surface area contributed by atoms with E-state index in [9.17, 15) is 0 Å². The molecule has 3 heteroatoms. The lowest BCUT2D eigenvalue weighted by atomic mass is 10.1. The van der Waals surface area contributed by atoms with Gasteiger partial charge >= 0.3 is 0 Å². The summed E-state index contributed by atoms with van der Waals surface area (Å²) in [5, 5.41) is 3.60. The molecule has 0 saturated carbocycles. The molecule has 2 rings (SSSR count). The highest BCUT2D eigenvalue weighted by Crippen LogP contribution is 2.28. The molecule has 18 heavy (non-hydrogen) atoms. The van der Waals surface area contributed by atoms with Gasteiger partial charge in [-0.1, -0.05) is 0 Å². The summed E-state index contributed by atoms with van der Waals surface area (Å²) in [6, 6.07) is 4.97. The first-order chi connectivity index (χ1) is 8.44. The second-order valence-electron chi connectivity index (χ2n) is 6.06. The monoisotopic (exact) mass is 267 g/mol. The summed E-state index contributed by atoms with van der Waals surface area (Å²) >= 11 is 1.90. The van der Waals surface area contributed by atoms with Crippen LogP contribution in [0.4, 0.5) is 0 Å². The zero-order valence-electron chi connectivity index (χ0n) is 12.0. The van der Waals surface area contributed by atoms with E-state index in [2.05, 4.69) is 45.1 Å². The Kier molecular flexibility index (Phi) is 4.46. The van der Waals surface area contributed by atoms with Crippen LogP contribution in [0.2, 0.25) is 0 Å². The van der Waals surface area contributed by atoms with Crippen LogP contribution in [0.25, 0.3) is 0 Å². The summed E-state index contributed by atoms with van der Waals surface area (Å²) < 4.78 is 5.99.